The highest BCUT2D eigenvalue weighted by Gasteiger charge is 2.51. The fraction of sp³-hybridized carbons (Fsp3) is 0.650. The molecule has 0 aromatic carbocycles. The number of nitrogens with zero attached hydrogens (tertiary/aromatic N) is 1. The van der Waals surface area contributed by atoms with Gasteiger partial charge < -0.3 is 4.74 Å². The van der Waals surface area contributed by atoms with Crippen molar-refractivity contribution in [2.45, 2.75) is 45.6 Å². The second-order valence-electron chi connectivity index (χ2n) is 7.67. The van der Waals surface area contributed by atoms with E-state index in [1.807, 2.05) is 0 Å². The Morgan fingerprint density at radius 2 is 2.22 bits per heavy atom. The van der Waals surface area contributed by atoms with E-state index in [4.69, 9.17) is 4.74 Å². The molecule has 2 unspecified atom stereocenters. The molecule has 4 aliphatic rings. The average Bonchev–Trinajstić information content (AvgIpc) is 2.88. The zero-order valence-electron chi connectivity index (χ0n) is 14.5. The molecule has 0 amide bonds. The molecule has 0 N–H and O–H groups in total. The molecule has 1 saturated carbocycles. The highest BCUT2D eigenvalue weighted by molar-refractivity contribution is 5.91. The Kier molecular flexibility index (Phi) is 3.53. The zero-order chi connectivity index (χ0) is 16.2. The first-order valence-corrected chi connectivity index (χ1v) is 9.02. The number of ether oxygens (including phenoxy) is 1. The minimum Gasteiger partial charge on any atom is -0.497 e. The van der Waals surface area contributed by atoms with Crippen LogP contribution in [0.25, 0.3) is 0 Å². The van der Waals surface area contributed by atoms with Crippen molar-refractivity contribution in [3.63, 3.8) is 0 Å². The zero-order valence-corrected chi connectivity index (χ0v) is 14.5. The van der Waals surface area contributed by atoms with Crippen LogP contribution in [-0.2, 0) is 9.53 Å². The van der Waals surface area contributed by atoms with Gasteiger partial charge in [-0.1, -0.05) is 24.1 Å². The van der Waals surface area contributed by atoms with Crippen molar-refractivity contribution in [1.29, 1.82) is 0 Å². The van der Waals surface area contributed by atoms with Crippen LogP contribution in [-0.4, -0.2) is 36.9 Å². The SMILES string of the molecule is CCN1CC2=C3CCC(=O)[C@@]3(C)CC[C@H]2C2C=CC(OC)=CC21. The van der Waals surface area contributed by atoms with Crippen LogP contribution in [0.15, 0.2) is 35.1 Å². The Hall–Kier alpha value is -1.35. The number of methoxy groups -OCH3 is 1. The number of likely N-dealkylation sites (tertiary alicyclic amines) is 1. The van der Waals surface area contributed by atoms with E-state index in [0.29, 0.717) is 23.7 Å². The number of ketones is 1. The third-order valence-corrected chi connectivity index (χ3v) is 6.79. The third kappa shape index (κ3) is 2.09. The quantitative estimate of drug-likeness (QED) is 0.731. The van der Waals surface area contributed by atoms with Gasteiger partial charge in [-0.15, -0.1) is 0 Å². The van der Waals surface area contributed by atoms with Crippen LogP contribution in [0.3, 0.4) is 0 Å². The second-order valence-corrected chi connectivity index (χ2v) is 7.67. The monoisotopic (exact) mass is 313 g/mol. The van der Waals surface area contributed by atoms with Gasteiger partial charge in [-0.05, 0) is 50.8 Å². The van der Waals surface area contributed by atoms with Gasteiger partial charge >= 0.3 is 0 Å². The van der Waals surface area contributed by atoms with E-state index in [2.05, 4.69) is 37.0 Å². The molecule has 0 radical (unpaired) electrons. The molecule has 1 heterocycles. The molecule has 1 saturated heterocycles. The van der Waals surface area contributed by atoms with Gasteiger partial charge in [-0.25, -0.2) is 0 Å². The largest absolute Gasteiger partial charge is 0.497 e. The Morgan fingerprint density at radius 3 is 2.96 bits per heavy atom. The Labute approximate surface area is 139 Å². The number of hydrogen-bond donors (Lipinski definition) is 0. The van der Waals surface area contributed by atoms with Gasteiger partial charge in [-0.2, -0.15) is 0 Å². The summed E-state index contributed by atoms with van der Waals surface area (Å²) in [5.74, 6) is 2.61. The Bertz CT molecular complexity index is 630. The van der Waals surface area contributed by atoms with Crippen molar-refractivity contribution in [1.82, 2.24) is 4.90 Å². The van der Waals surface area contributed by atoms with Crippen LogP contribution in [0.5, 0.6) is 0 Å². The van der Waals surface area contributed by atoms with Crippen molar-refractivity contribution >= 4 is 5.78 Å². The molecule has 0 aromatic heterocycles. The first-order valence-electron chi connectivity index (χ1n) is 9.02. The molecule has 4 atom stereocenters. The molecule has 3 heteroatoms. The maximum atomic E-state index is 12.4. The van der Waals surface area contributed by atoms with Crippen LogP contribution < -0.4 is 0 Å². The molecule has 3 nitrogen and oxygen atoms in total. The Balaban J connectivity index is 1.76. The smallest absolute Gasteiger partial charge is 0.143 e. The Morgan fingerprint density at radius 1 is 1.39 bits per heavy atom. The topological polar surface area (TPSA) is 29.5 Å². The van der Waals surface area contributed by atoms with Gasteiger partial charge in [0.15, 0.2) is 0 Å². The molecule has 3 aliphatic carbocycles. The summed E-state index contributed by atoms with van der Waals surface area (Å²) in [4.78, 5) is 15.0. The molecule has 4 rings (SSSR count). The summed E-state index contributed by atoms with van der Waals surface area (Å²) in [6.07, 6.45) is 10.7. The van der Waals surface area contributed by atoms with E-state index in [9.17, 15) is 4.79 Å². The summed E-state index contributed by atoms with van der Waals surface area (Å²) in [6.45, 7) is 6.50. The summed E-state index contributed by atoms with van der Waals surface area (Å²) in [5, 5.41) is 0. The van der Waals surface area contributed by atoms with Gasteiger partial charge in [0.2, 0.25) is 0 Å². The summed E-state index contributed by atoms with van der Waals surface area (Å²) in [5.41, 5.74) is 2.93. The van der Waals surface area contributed by atoms with Crippen molar-refractivity contribution < 1.29 is 9.53 Å². The highest BCUT2D eigenvalue weighted by Crippen LogP contribution is 2.55. The first kappa shape index (κ1) is 15.2. The number of piperidine rings is 1. The summed E-state index contributed by atoms with van der Waals surface area (Å²) in [7, 11) is 1.75. The standard InChI is InChI=1S/C20H27NO2/c1-4-21-12-16-14(15-6-5-13(23-3)11-18(15)21)9-10-20(2)17(16)7-8-19(20)22/h5-6,11,14-15,18H,4,7-10,12H2,1-3H3/t14-,15?,18?,20-/m0/s1. The molecule has 2 fully saturated rings. The summed E-state index contributed by atoms with van der Waals surface area (Å²) >= 11 is 0. The van der Waals surface area contributed by atoms with Gasteiger partial charge in [0.05, 0.1) is 7.11 Å². The lowest BCUT2D eigenvalue weighted by molar-refractivity contribution is -0.124. The van der Waals surface area contributed by atoms with E-state index in [1.54, 1.807) is 12.7 Å². The molecule has 124 valence electrons. The van der Waals surface area contributed by atoms with Crippen LogP contribution in [0.2, 0.25) is 0 Å². The fourth-order valence-electron chi connectivity index (χ4n) is 5.40. The van der Waals surface area contributed by atoms with Gasteiger partial charge in [0.1, 0.15) is 11.5 Å². The van der Waals surface area contributed by atoms with Crippen LogP contribution in [0, 0.1) is 17.3 Å². The molecule has 23 heavy (non-hydrogen) atoms. The molecule has 0 aromatic rings. The third-order valence-electron chi connectivity index (χ3n) is 6.79. The number of likely N-dealkylation sites (N-methyl/N-ethyl adjacent to an activating group) is 1. The highest BCUT2D eigenvalue weighted by atomic mass is 16.5. The van der Waals surface area contributed by atoms with E-state index in [0.717, 1.165) is 44.5 Å². The average molecular weight is 313 g/mol. The van der Waals surface area contributed by atoms with E-state index < -0.39 is 0 Å². The summed E-state index contributed by atoms with van der Waals surface area (Å²) in [6, 6.07) is 0.441. The maximum absolute atomic E-state index is 12.4. The lowest BCUT2D eigenvalue weighted by Crippen LogP contribution is -2.51. The van der Waals surface area contributed by atoms with Crippen molar-refractivity contribution in [2.24, 2.45) is 17.3 Å². The van der Waals surface area contributed by atoms with Crippen LogP contribution in [0.4, 0.5) is 0 Å². The molecule has 0 bridgehead atoms. The van der Waals surface area contributed by atoms with Crippen molar-refractivity contribution in [3.8, 4) is 0 Å². The normalized spacial score (nSPS) is 39.7. The predicted octanol–water partition coefficient (Wildman–Crippen LogP) is 3.48. The second kappa shape index (κ2) is 5.34. The van der Waals surface area contributed by atoms with Gasteiger partial charge in [0.25, 0.3) is 0 Å². The van der Waals surface area contributed by atoms with Crippen molar-refractivity contribution in [3.05, 3.63) is 35.1 Å². The molecular formula is C20H27NO2. The number of rotatable bonds is 2. The van der Waals surface area contributed by atoms with Crippen molar-refractivity contribution in [2.75, 3.05) is 20.2 Å². The minimum absolute atomic E-state index is 0.149. The minimum atomic E-state index is -0.149. The number of fused-ring (bicyclic) bond motifs is 4. The lowest BCUT2D eigenvalue weighted by Gasteiger charge is -2.50. The van der Waals surface area contributed by atoms with E-state index in [-0.39, 0.29) is 5.41 Å². The van der Waals surface area contributed by atoms with Gasteiger partial charge in [0, 0.05) is 30.3 Å². The number of allylic oxidation sites excluding steroid dienone is 2. The lowest BCUT2D eigenvalue weighted by atomic mass is 9.62. The number of hydrogen-bond acceptors (Lipinski definition) is 3. The van der Waals surface area contributed by atoms with E-state index >= 15 is 0 Å². The number of carbonyl (C=O) groups excluding carboxylic acids is 1. The number of carbonyl (C=O) groups is 1. The molecule has 1 aliphatic heterocycles. The van der Waals surface area contributed by atoms with E-state index in [1.165, 1.54) is 5.57 Å². The first-order chi connectivity index (χ1) is 11.1. The maximum Gasteiger partial charge on any atom is 0.143 e. The number of Topliss-reactive ketones (excluding diaryl/α,β-unsaturated/α-hetero) is 1. The van der Waals surface area contributed by atoms with Gasteiger partial charge in [-0.3, -0.25) is 9.69 Å². The van der Waals surface area contributed by atoms with Crippen LogP contribution >= 0.6 is 0 Å². The molecule has 0 spiro atoms. The predicted molar refractivity (Wildman–Crippen MR) is 90.9 cm³/mol. The fourth-order valence-corrected chi connectivity index (χ4v) is 5.40. The van der Waals surface area contributed by atoms with Crippen LogP contribution in [0.1, 0.15) is 39.5 Å². The summed E-state index contributed by atoms with van der Waals surface area (Å²) < 4.78 is 5.46. The molecular weight excluding hydrogens is 286 g/mol.